The molecule has 7 heteroatoms. The second kappa shape index (κ2) is 8.00. The fourth-order valence-corrected chi connectivity index (χ4v) is 4.90. The summed E-state index contributed by atoms with van der Waals surface area (Å²) in [5.74, 6) is 0.622. The van der Waals surface area contributed by atoms with E-state index in [0.29, 0.717) is 36.6 Å². The van der Waals surface area contributed by atoms with Crippen molar-refractivity contribution in [2.75, 3.05) is 25.5 Å². The molecule has 2 amide bonds. The second-order valence-electron chi connectivity index (χ2n) is 6.70. The summed E-state index contributed by atoms with van der Waals surface area (Å²) in [7, 11) is -1.87. The Balaban J connectivity index is 1.60. The van der Waals surface area contributed by atoms with Crippen molar-refractivity contribution in [3.05, 3.63) is 54.1 Å². The van der Waals surface area contributed by atoms with E-state index < -0.39 is 15.1 Å². The van der Waals surface area contributed by atoms with Crippen molar-refractivity contribution in [2.24, 2.45) is 0 Å². The Bertz CT molecular complexity index is 885. The summed E-state index contributed by atoms with van der Waals surface area (Å²) in [5.41, 5.74) is 1.86. The molecule has 0 unspecified atom stereocenters. The third-order valence-electron chi connectivity index (χ3n) is 4.86. The molecular formula is C20H24N2O4S. The first-order valence-electron chi connectivity index (χ1n) is 8.90. The number of aryl methyl sites for hydroxylation is 1. The molecule has 0 bridgehead atoms. The maximum absolute atomic E-state index is 12.8. The zero-order valence-electron chi connectivity index (χ0n) is 15.5. The van der Waals surface area contributed by atoms with Crippen molar-refractivity contribution >= 4 is 21.6 Å². The van der Waals surface area contributed by atoms with Crippen LogP contribution in [0.25, 0.3) is 0 Å². The van der Waals surface area contributed by atoms with E-state index in [1.807, 2.05) is 31.2 Å². The Morgan fingerprint density at radius 1 is 1.04 bits per heavy atom. The van der Waals surface area contributed by atoms with Crippen LogP contribution in [0.2, 0.25) is 0 Å². The van der Waals surface area contributed by atoms with Crippen molar-refractivity contribution in [1.29, 1.82) is 0 Å². The highest BCUT2D eigenvalue weighted by Crippen LogP contribution is 2.26. The van der Waals surface area contributed by atoms with Gasteiger partial charge in [0.2, 0.25) is 0 Å². The highest BCUT2D eigenvalue weighted by Gasteiger charge is 2.32. The van der Waals surface area contributed by atoms with Crippen LogP contribution in [0.3, 0.4) is 0 Å². The number of rotatable bonds is 4. The van der Waals surface area contributed by atoms with Crippen molar-refractivity contribution in [2.45, 2.75) is 29.9 Å². The molecule has 0 saturated carbocycles. The van der Waals surface area contributed by atoms with Gasteiger partial charge in [0, 0.05) is 18.8 Å². The minimum Gasteiger partial charge on any atom is -0.497 e. The van der Waals surface area contributed by atoms with Gasteiger partial charge in [-0.25, -0.2) is 13.2 Å². The van der Waals surface area contributed by atoms with Crippen LogP contribution in [0, 0.1) is 6.92 Å². The molecule has 2 aromatic carbocycles. The standard InChI is InChI=1S/C20H24N2O4S/c1-15-3-5-16(6-4-15)21-20(23)22-13-11-19(12-14-22)27(24,25)18-9-7-17(26-2)8-10-18/h3-10,19H,11-14H2,1-2H3,(H,21,23). The van der Waals surface area contributed by atoms with Crippen molar-refractivity contribution < 1.29 is 17.9 Å². The van der Waals surface area contributed by atoms with Crippen molar-refractivity contribution in [3.8, 4) is 5.75 Å². The minimum absolute atomic E-state index is 0.195. The number of ether oxygens (including phenoxy) is 1. The van der Waals surface area contributed by atoms with Gasteiger partial charge in [0.05, 0.1) is 17.3 Å². The molecule has 0 aromatic heterocycles. The van der Waals surface area contributed by atoms with Gasteiger partial charge in [0.1, 0.15) is 5.75 Å². The SMILES string of the molecule is COc1ccc(S(=O)(=O)C2CCN(C(=O)Nc3ccc(C)cc3)CC2)cc1. The molecule has 1 N–H and O–H groups in total. The highest BCUT2D eigenvalue weighted by atomic mass is 32.2. The van der Waals surface area contributed by atoms with Gasteiger partial charge in [-0.2, -0.15) is 0 Å². The first-order valence-corrected chi connectivity index (χ1v) is 10.5. The summed E-state index contributed by atoms with van der Waals surface area (Å²) >= 11 is 0. The first-order chi connectivity index (χ1) is 12.9. The van der Waals surface area contributed by atoms with E-state index in [0.717, 1.165) is 11.3 Å². The quantitative estimate of drug-likeness (QED) is 0.870. The molecule has 0 aliphatic carbocycles. The van der Waals surface area contributed by atoms with Crippen LogP contribution in [0.15, 0.2) is 53.4 Å². The maximum Gasteiger partial charge on any atom is 0.321 e. The zero-order valence-corrected chi connectivity index (χ0v) is 16.3. The van der Waals surface area contributed by atoms with Crippen LogP contribution < -0.4 is 10.1 Å². The molecular weight excluding hydrogens is 364 g/mol. The Morgan fingerprint density at radius 2 is 1.63 bits per heavy atom. The van der Waals surface area contributed by atoms with Crippen LogP contribution in [-0.2, 0) is 9.84 Å². The van der Waals surface area contributed by atoms with E-state index in [4.69, 9.17) is 4.74 Å². The van der Waals surface area contributed by atoms with Crippen LogP contribution in [-0.4, -0.2) is 44.8 Å². The number of anilines is 1. The number of sulfone groups is 1. The molecule has 1 saturated heterocycles. The van der Waals surface area contributed by atoms with Crippen LogP contribution >= 0.6 is 0 Å². The molecule has 1 fully saturated rings. The van der Waals surface area contributed by atoms with E-state index in [1.165, 1.54) is 0 Å². The van der Waals surface area contributed by atoms with Gasteiger partial charge in [-0.3, -0.25) is 0 Å². The molecule has 0 radical (unpaired) electrons. The lowest BCUT2D eigenvalue weighted by molar-refractivity contribution is 0.200. The number of benzene rings is 2. The van der Waals surface area contributed by atoms with E-state index in [9.17, 15) is 13.2 Å². The summed E-state index contributed by atoms with van der Waals surface area (Å²) in [6.07, 6.45) is 0.853. The Kier molecular flexibility index (Phi) is 5.70. The summed E-state index contributed by atoms with van der Waals surface area (Å²) in [4.78, 5) is 14.4. The maximum atomic E-state index is 12.8. The van der Waals surface area contributed by atoms with Gasteiger partial charge in [0.15, 0.2) is 9.84 Å². The molecule has 6 nitrogen and oxygen atoms in total. The third-order valence-corrected chi connectivity index (χ3v) is 7.14. The third kappa shape index (κ3) is 4.42. The van der Waals surface area contributed by atoms with Gasteiger partial charge in [-0.1, -0.05) is 17.7 Å². The Morgan fingerprint density at radius 3 is 2.19 bits per heavy atom. The molecule has 27 heavy (non-hydrogen) atoms. The van der Waals surface area contributed by atoms with E-state index in [1.54, 1.807) is 36.3 Å². The van der Waals surface area contributed by atoms with E-state index >= 15 is 0 Å². The number of methoxy groups -OCH3 is 1. The van der Waals surface area contributed by atoms with Gasteiger partial charge < -0.3 is 15.0 Å². The largest absolute Gasteiger partial charge is 0.497 e. The van der Waals surface area contributed by atoms with Gasteiger partial charge >= 0.3 is 6.03 Å². The highest BCUT2D eigenvalue weighted by molar-refractivity contribution is 7.92. The number of hydrogen-bond donors (Lipinski definition) is 1. The minimum atomic E-state index is -3.41. The summed E-state index contributed by atoms with van der Waals surface area (Å²) in [6, 6.07) is 13.8. The fourth-order valence-electron chi connectivity index (χ4n) is 3.17. The van der Waals surface area contributed by atoms with Gasteiger partial charge in [-0.05, 0) is 56.2 Å². The topological polar surface area (TPSA) is 75.7 Å². The first kappa shape index (κ1) is 19.2. The normalized spacial score (nSPS) is 15.4. The average Bonchev–Trinajstić information content (AvgIpc) is 2.70. The lowest BCUT2D eigenvalue weighted by Gasteiger charge is -2.31. The number of urea groups is 1. The number of carbonyl (C=O) groups excluding carboxylic acids is 1. The predicted molar refractivity (Wildman–Crippen MR) is 105 cm³/mol. The Labute approximate surface area is 160 Å². The lowest BCUT2D eigenvalue weighted by atomic mass is 10.1. The molecule has 144 valence electrons. The predicted octanol–water partition coefficient (Wildman–Crippen LogP) is 3.47. The molecule has 1 aliphatic heterocycles. The smallest absolute Gasteiger partial charge is 0.321 e. The van der Waals surface area contributed by atoms with Crippen LogP contribution in [0.1, 0.15) is 18.4 Å². The summed E-state index contributed by atoms with van der Waals surface area (Å²) in [5, 5.41) is 2.38. The average molecular weight is 388 g/mol. The number of amides is 2. The number of carbonyl (C=O) groups is 1. The molecule has 3 rings (SSSR count). The zero-order chi connectivity index (χ0) is 19.4. The van der Waals surface area contributed by atoms with Crippen LogP contribution in [0.4, 0.5) is 10.5 Å². The summed E-state index contributed by atoms with van der Waals surface area (Å²) < 4.78 is 30.7. The number of nitrogens with zero attached hydrogens (tertiary/aromatic N) is 1. The van der Waals surface area contributed by atoms with Crippen molar-refractivity contribution in [3.63, 3.8) is 0 Å². The lowest BCUT2D eigenvalue weighted by Crippen LogP contribution is -2.44. The van der Waals surface area contributed by atoms with Crippen molar-refractivity contribution in [1.82, 2.24) is 4.90 Å². The van der Waals surface area contributed by atoms with Gasteiger partial charge in [-0.15, -0.1) is 0 Å². The number of nitrogens with one attached hydrogen (secondary N) is 1. The second-order valence-corrected chi connectivity index (χ2v) is 8.93. The number of piperidine rings is 1. The Hall–Kier alpha value is -2.54. The molecule has 0 atom stereocenters. The van der Waals surface area contributed by atoms with E-state index in [-0.39, 0.29) is 6.03 Å². The fraction of sp³-hybridized carbons (Fsp3) is 0.350. The monoisotopic (exact) mass is 388 g/mol. The number of likely N-dealkylation sites (tertiary alicyclic amines) is 1. The molecule has 2 aromatic rings. The summed E-state index contributed by atoms with van der Waals surface area (Å²) in [6.45, 7) is 2.81. The molecule has 1 aliphatic rings. The van der Waals surface area contributed by atoms with Crippen LogP contribution in [0.5, 0.6) is 5.75 Å². The van der Waals surface area contributed by atoms with Gasteiger partial charge in [0.25, 0.3) is 0 Å². The molecule has 1 heterocycles. The molecule has 0 spiro atoms. The number of hydrogen-bond acceptors (Lipinski definition) is 4. The van der Waals surface area contributed by atoms with E-state index in [2.05, 4.69) is 5.32 Å².